The van der Waals surface area contributed by atoms with Gasteiger partial charge in [0.05, 0.1) is 30.7 Å². The highest BCUT2D eigenvalue weighted by molar-refractivity contribution is 6.39. The van der Waals surface area contributed by atoms with Gasteiger partial charge in [0.15, 0.2) is 11.5 Å². The number of amides is 1. The predicted molar refractivity (Wildman–Crippen MR) is 145 cm³/mol. The first-order valence-electron chi connectivity index (χ1n) is 12.1. The summed E-state index contributed by atoms with van der Waals surface area (Å²) in [7, 11) is 1.22. The van der Waals surface area contributed by atoms with Gasteiger partial charge in [0.25, 0.3) is 5.91 Å². The van der Waals surface area contributed by atoms with Gasteiger partial charge in [0.1, 0.15) is 16.7 Å². The lowest BCUT2D eigenvalue weighted by Crippen LogP contribution is -2.43. The largest absolute Gasteiger partial charge is 0.505 e. The molecule has 0 heterocycles. The number of methoxy groups -OCH3 is 1. The average Bonchev–Trinajstić information content (AvgIpc) is 2.84. The van der Waals surface area contributed by atoms with Gasteiger partial charge < -0.3 is 30.4 Å². The maximum absolute atomic E-state index is 12.9. The summed E-state index contributed by atoms with van der Waals surface area (Å²) in [6, 6.07) is 8.85. The first kappa shape index (κ1) is 31.2. The lowest BCUT2D eigenvalue weighted by molar-refractivity contribution is -0.155. The minimum Gasteiger partial charge on any atom is -0.505 e. The number of benzene rings is 2. The molecule has 0 radical (unpaired) electrons. The second-order valence-electron chi connectivity index (χ2n) is 9.68. The van der Waals surface area contributed by atoms with Gasteiger partial charge in [-0.3, -0.25) is 9.59 Å². The normalized spacial score (nSPS) is 12.8. The molecule has 0 bridgehead atoms. The minimum atomic E-state index is -1.01. The van der Waals surface area contributed by atoms with E-state index in [1.165, 1.54) is 13.2 Å². The zero-order chi connectivity index (χ0) is 28.5. The number of esters is 2. The summed E-state index contributed by atoms with van der Waals surface area (Å²) >= 11 is 12.6. The van der Waals surface area contributed by atoms with Crippen molar-refractivity contribution < 1.29 is 33.7 Å². The SMILES string of the molecule is COC(=O)[C@H](Cc1ccccc1)NC(=O)c1cc(Cl)c(OCCCC(N)CC(=O)OC(C)(C)C)c(Cl)c1O. The van der Waals surface area contributed by atoms with Crippen LogP contribution in [0, 0.1) is 0 Å². The molecular weight excluding hydrogens is 535 g/mol. The molecule has 2 atom stereocenters. The Morgan fingerprint density at radius 2 is 1.79 bits per heavy atom. The molecule has 0 saturated carbocycles. The van der Waals surface area contributed by atoms with Crippen molar-refractivity contribution in [3.05, 3.63) is 57.6 Å². The average molecular weight is 569 g/mol. The maximum Gasteiger partial charge on any atom is 0.328 e. The Morgan fingerprint density at radius 3 is 2.39 bits per heavy atom. The van der Waals surface area contributed by atoms with Crippen molar-refractivity contribution in [3.8, 4) is 11.5 Å². The molecule has 11 heteroatoms. The topological polar surface area (TPSA) is 137 Å². The zero-order valence-corrected chi connectivity index (χ0v) is 23.4. The second kappa shape index (κ2) is 14.2. The Balaban J connectivity index is 2.01. The number of carbonyl (C=O) groups is 3. The third-order valence-electron chi connectivity index (χ3n) is 5.28. The molecule has 0 saturated heterocycles. The van der Waals surface area contributed by atoms with Crippen molar-refractivity contribution in [2.24, 2.45) is 5.73 Å². The number of nitrogens with one attached hydrogen (secondary N) is 1. The van der Waals surface area contributed by atoms with Gasteiger partial charge in [-0.25, -0.2) is 4.79 Å². The lowest BCUT2D eigenvalue weighted by atomic mass is 10.1. The van der Waals surface area contributed by atoms with Crippen molar-refractivity contribution in [1.82, 2.24) is 5.32 Å². The number of hydrogen-bond donors (Lipinski definition) is 3. The second-order valence-corrected chi connectivity index (χ2v) is 10.5. The molecule has 0 aliphatic rings. The molecular formula is C27H34Cl2N2O7. The third-order valence-corrected chi connectivity index (χ3v) is 5.91. The van der Waals surface area contributed by atoms with E-state index in [0.717, 1.165) is 5.56 Å². The summed E-state index contributed by atoms with van der Waals surface area (Å²) in [4.78, 5) is 37.1. The van der Waals surface area contributed by atoms with Crippen LogP contribution >= 0.6 is 23.2 Å². The zero-order valence-electron chi connectivity index (χ0n) is 21.9. The van der Waals surface area contributed by atoms with Crippen LogP contribution in [-0.4, -0.2) is 54.4 Å². The van der Waals surface area contributed by atoms with Crippen molar-refractivity contribution >= 4 is 41.0 Å². The fraction of sp³-hybridized carbons (Fsp3) is 0.444. The molecule has 38 heavy (non-hydrogen) atoms. The van der Waals surface area contributed by atoms with Crippen molar-refractivity contribution in [2.75, 3.05) is 13.7 Å². The van der Waals surface area contributed by atoms with Gasteiger partial charge in [0.2, 0.25) is 0 Å². The molecule has 2 aromatic rings. The molecule has 2 rings (SSSR count). The molecule has 1 amide bonds. The Kier molecular flexibility index (Phi) is 11.7. The molecule has 208 valence electrons. The number of phenolic OH excluding ortho intramolecular Hbond substituents is 1. The molecule has 0 aliphatic carbocycles. The van der Waals surface area contributed by atoms with Crippen molar-refractivity contribution in [2.45, 2.75) is 64.1 Å². The van der Waals surface area contributed by atoms with Crippen LogP contribution in [0.2, 0.25) is 10.0 Å². The van der Waals surface area contributed by atoms with E-state index in [0.29, 0.717) is 12.8 Å². The summed E-state index contributed by atoms with van der Waals surface area (Å²) in [5, 5.41) is 12.9. The number of hydrogen-bond acceptors (Lipinski definition) is 8. The van der Waals surface area contributed by atoms with Crippen LogP contribution in [0.3, 0.4) is 0 Å². The van der Waals surface area contributed by atoms with Crippen LogP contribution in [0.15, 0.2) is 36.4 Å². The van der Waals surface area contributed by atoms with E-state index in [-0.39, 0.29) is 46.8 Å². The highest BCUT2D eigenvalue weighted by Crippen LogP contribution is 2.42. The van der Waals surface area contributed by atoms with Crippen LogP contribution in [0.4, 0.5) is 0 Å². The maximum atomic E-state index is 12.9. The van der Waals surface area contributed by atoms with Gasteiger partial charge >= 0.3 is 11.9 Å². The van der Waals surface area contributed by atoms with E-state index in [4.69, 9.17) is 43.1 Å². The lowest BCUT2D eigenvalue weighted by Gasteiger charge is -2.21. The summed E-state index contributed by atoms with van der Waals surface area (Å²) in [5.74, 6) is -2.35. The van der Waals surface area contributed by atoms with Gasteiger partial charge in [-0.05, 0) is 45.2 Å². The molecule has 2 aromatic carbocycles. The predicted octanol–water partition coefficient (Wildman–Crippen LogP) is 4.43. The molecule has 0 aliphatic heterocycles. The fourth-order valence-corrected chi connectivity index (χ4v) is 4.10. The Morgan fingerprint density at radius 1 is 1.13 bits per heavy atom. The molecule has 0 fully saturated rings. The Hall–Kier alpha value is -3.01. The summed E-state index contributed by atoms with van der Waals surface area (Å²) in [6.45, 7) is 5.49. The monoisotopic (exact) mass is 568 g/mol. The van der Waals surface area contributed by atoms with E-state index >= 15 is 0 Å². The molecule has 1 unspecified atom stereocenters. The number of phenols is 1. The molecule has 9 nitrogen and oxygen atoms in total. The summed E-state index contributed by atoms with van der Waals surface area (Å²) in [6.07, 6.45) is 1.19. The van der Waals surface area contributed by atoms with E-state index in [9.17, 15) is 19.5 Å². The first-order valence-corrected chi connectivity index (χ1v) is 12.8. The Labute approximate surface area is 232 Å². The summed E-state index contributed by atoms with van der Waals surface area (Å²) < 4.78 is 15.7. The summed E-state index contributed by atoms with van der Waals surface area (Å²) in [5.41, 5.74) is 6.00. The number of rotatable bonds is 12. The molecule has 4 N–H and O–H groups in total. The number of nitrogens with two attached hydrogens (primary N) is 1. The van der Waals surface area contributed by atoms with Crippen LogP contribution < -0.4 is 15.8 Å². The number of ether oxygens (including phenoxy) is 3. The molecule has 0 aromatic heterocycles. The Bertz CT molecular complexity index is 1120. The number of aromatic hydroxyl groups is 1. The van der Waals surface area contributed by atoms with Gasteiger partial charge in [-0.1, -0.05) is 53.5 Å². The smallest absolute Gasteiger partial charge is 0.328 e. The number of carbonyl (C=O) groups excluding carboxylic acids is 3. The van der Waals surface area contributed by atoms with Gasteiger partial charge in [-0.15, -0.1) is 0 Å². The van der Waals surface area contributed by atoms with Crippen LogP contribution in [0.1, 0.15) is 56.0 Å². The van der Waals surface area contributed by atoms with Crippen LogP contribution in [0.5, 0.6) is 11.5 Å². The minimum absolute atomic E-state index is 0.00287. The van der Waals surface area contributed by atoms with Gasteiger partial charge in [-0.2, -0.15) is 0 Å². The van der Waals surface area contributed by atoms with Crippen LogP contribution in [-0.2, 0) is 25.5 Å². The van der Waals surface area contributed by atoms with Crippen molar-refractivity contribution in [3.63, 3.8) is 0 Å². The highest BCUT2D eigenvalue weighted by Gasteiger charge is 2.27. The van der Waals surface area contributed by atoms with Crippen LogP contribution in [0.25, 0.3) is 0 Å². The van der Waals surface area contributed by atoms with E-state index in [1.54, 1.807) is 20.8 Å². The van der Waals surface area contributed by atoms with E-state index in [1.807, 2.05) is 30.3 Å². The van der Waals surface area contributed by atoms with Gasteiger partial charge in [0, 0.05) is 12.5 Å². The number of halogens is 2. The third kappa shape index (κ3) is 9.70. The quantitative estimate of drug-likeness (QED) is 0.252. The van der Waals surface area contributed by atoms with Crippen molar-refractivity contribution in [1.29, 1.82) is 0 Å². The standard InChI is InChI=1S/C27H34Cl2N2O7/c1-27(2,3)38-21(32)14-17(30)11-8-12-37-24-19(28)15-18(23(33)22(24)29)25(34)31-20(26(35)36-4)13-16-9-6-5-7-10-16/h5-7,9-10,15,17,20,33H,8,11-14,30H2,1-4H3,(H,31,34)/t17?,20-/m0/s1. The fourth-order valence-electron chi connectivity index (χ4n) is 3.54. The van der Waals surface area contributed by atoms with E-state index < -0.39 is 35.3 Å². The van der Waals surface area contributed by atoms with E-state index in [2.05, 4.69) is 5.32 Å². The first-order chi connectivity index (χ1) is 17.8. The highest BCUT2D eigenvalue weighted by atomic mass is 35.5. The molecule has 0 spiro atoms.